The smallest absolute Gasteiger partial charge is 0.308 e. The maximum Gasteiger partial charge on any atom is 0.308 e. The van der Waals surface area contributed by atoms with Crippen LogP contribution in [0.1, 0.15) is 11.5 Å². The third-order valence-electron chi connectivity index (χ3n) is 3.00. The molecule has 17 heavy (non-hydrogen) atoms. The molecule has 0 spiro atoms. The molecule has 1 aliphatic rings. The van der Waals surface area contributed by atoms with Gasteiger partial charge in [0.2, 0.25) is 0 Å². The minimum atomic E-state index is -1.56. The summed E-state index contributed by atoms with van der Waals surface area (Å²) in [7, 11) is 0. The van der Waals surface area contributed by atoms with E-state index in [1.54, 1.807) is 0 Å². The molecule has 6 heteroatoms. The van der Waals surface area contributed by atoms with Gasteiger partial charge in [-0.2, -0.15) is 0 Å². The second-order valence-electron chi connectivity index (χ2n) is 3.97. The SMILES string of the molecule is O=C(O)C1CNCC1c1ccc(F)c(F)c1F. The van der Waals surface area contributed by atoms with Crippen LogP contribution in [0.4, 0.5) is 13.2 Å². The molecular formula is C11H10F3NO2. The number of nitrogens with one attached hydrogen (secondary N) is 1. The molecule has 92 valence electrons. The minimum Gasteiger partial charge on any atom is -0.481 e. The van der Waals surface area contributed by atoms with Crippen molar-refractivity contribution in [2.75, 3.05) is 13.1 Å². The van der Waals surface area contributed by atoms with Crippen LogP contribution in [0.3, 0.4) is 0 Å². The maximum atomic E-state index is 13.5. The molecule has 0 amide bonds. The third kappa shape index (κ3) is 2.00. The first kappa shape index (κ1) is 11.9. The number of hydrogen-bond acceptors (Lipinski definition) is 2. The van der Waals surface area contributed by atoms with E-state index in [1.807, 2.05) is 0 Å². The van der Waals surface area contributed by atoms with Crippen molar-refractivity contribution in [1.29, 1.82) is 0 Å². The molecule has 2 N–H and O–H groups in total. The lowest BCUT2D eigenvalue weighted by atomic mass is 9.88. The second-order valence-corrected chi connectivity index (χ2v) is 3.97. The highest BCUT2D eigenvalue weighted by atomic mass is 19.2. The van der Waals surface area contributed by atoms with E-state index in [0.717, 1.165) is 12.1 Å². The summed E-state index contributed by atoms with van der Waals surface area (Å²) in [5, 5.41) is 11.7. The van der Waals surface area contributed by atoms with E-state index in [1.165, 1.54) is 0 Å². The summed E-state index contributed by atoms with van der Waals surface area (Å²) in [5.74, 6) is -6.71. The Kier molecular flexibility index (Phi) is 3.06. The molecule has 1 aliphatic heterocycles. The van der Waals surface area contributed by atoms with E-state index in [2.05, 4.69) is 5.32 Å². The minimum absolute atomic E-state index is 0.0960. The highest BCUT2D eigenvalue weighted by Gasteiger charge is 2.36. The third-order valence-corrected chi connectivity index (χ3v) is 3.00. The highest BCUT2D eigenvalue weighted by Crippen LogP contribution is 2.31. The predicted octanol–water partition coefficient (Wildman–Crippen LogP) is 1.49. The van der Waals surface area contributed by atoms with Gasteiger partial charge >= 0.3 is 5.97 Å². The first-order valence-corrected chi connectivity index (χ1v) is 5.09. The summed E-state index contributed by atoms with van der Waals surface area (Å²) in [4.78, 5) is 10.9. The molecule has 1 aromatic rings. The molecule has 2 atom stereocenters. The van der Waals surface area contributed by atoms with Crippen molar-refractivity contribution in [3.05, 3.63) is 35.1 Å². The zero-order valence-electron chi connectivity index (χ0n) is 8.71. The zero-order chi connectivity index (χ0) is 12.6. The fourth-order valence-corrected chi connectivity index (χ4v) is 2.09. The molecule has 1 aromatic carbocycles. The van der Waals surface area contributed by atoms with E-state index in [-0.39, 0.29) is 18.7 Å². The Bertz CT molecular complexity index is 464. The topological polar surface area (TPSA) is 49.3 Å². The average Bonchev–Trinajstić information content (AvgIpc) is 2.75. The van der Waals surface area contributed by atoms with Gasteiger partial charge in [0.15, 0.2) is 17.5 Å². The van der Waals surface area contributed by atoms with E-state index < -0.39 is 35.3 Å². The van der Waals surface area contributed by atoms with Gasteiger partial charge in [-0.25, -0.2) is 13.2 Å². The van der Waals surface area contributed by atoms with Gasteiger partial charge in [0.05, 0.1) is 5.92 Å². The molecular weight excluding hydrogens is 235 g/mol. The van der Waals surface area contributed by atoms with Crippen molar-refractivity contribution in [1.82, 2.24) is 5.32 Å². The molecule has 0 radical (unpaired) electrons. The highest BCUT2D eigenvalue weighted by molar-refractivity contribution is 5.72. The second kappa shape index (κ2) is 4.37. The Labute approximate surface area is 95.3 Å². The fourth-order valence-electron chi connectivity index (χ4n) is 2.09. The van der Waals surface area contributed by atoms with Gasteiger partial charge in [-0.15, -0.1) is 0 Å². The molecule has 2 unspecified atom stereocenters. The van der Waals surface area contributed by atoms with E-state index in [9.17, 15) is 18.0 Å². The van der Waals surface area contributed by atoms with Gasteiger partial charge in [-0.1, -0.05) is 6.07 Å². The molecule has 0 aromatic heterocycles. The zero-order valence-corrected chi connectivity index (χ0v) is 8.71. The number of halogens is 3. The molecule has 1 saturated heterocycles. The van der Waals surface area contributed by atoms with Crippen LogP contribution < -0.4 is 5.32 Å². The van der Waals surface area contributed by atoms with Crippen LogP contribution in [-0.2, 0) is 4.79 Å². The van der Waals surface area contributed by atoms with Crippen LogP contribution in [0.2, 0.25) is 0 Å². The van der Waals surface area contributed by atoms with E-state index in [4.69, 9.17) is 5.11 Å². The van der Waals surface area contributed by atoms with Crippen LogP contribution in [0.15, 0.2) is 12.1 Å². The summed E-state index contributed by atoms with van der Waals surface area (Å²) in [6.45, 7) is 0.428. The van der Waals surface area contributed by atoms with Gasteiger partial charge in [0.1, 0.15) is 0 Å². The normalized spacial score (nSPS) is 23.9. The van der Waals surface area contributed by atoms with Crippen molar-refractivity contribution in [3.8, 4) is 0 Å². The Balaban J connectivity index is 2.40. The first-order valence-electron chi connectivity index (χ1n) is 5.09. The Morgan fingerprint density at radius 1 is 1.24 bits per heavy atom. The van der Waals surface area contributed by atoms with E-state index >= 15 is 0 Å². The number of carboxylic acids is 1. The molecule has 3 nitrogen and oxygen atoms in total. The molecule has 0 bridgehead atoms. The average molecular weight is 245 g/mol. The van der Waals surface area contributed by atoms with Crippen LogP contribution >= 0.6 is 0 Å². The van der Waals surface area contributed by atoms with Crippen LogP contribution in [0, 0.1) is 23.4 Å². The fraction of sp³-hybridized carbons (Fsp3) is 0.364. The van der Waals surface area contributed by atoms with Crippen LogP contribution in [0.5, 0.6) is 0 Å². The van der Waals surface area contributed by atoms with Gasteiger partial charge in [0, 0.05) is 19.0 Å². The molecule has 1 heterocycles. The Morgan fingerprint density at radius 3 is 2.59 bits per heavy atom. The number of benzene rings is 1. The summed E-state index contributed by atoms with van der Waals surface area (Å²) in [5.41, 5.74) is -0.0960. The number of hydrogen-bond donors (Lipinski definition) is 2. The van der Waals surface area contributed by atoms with Crippen molar-refractivity contribution in [3.63, 3.8) is 0 Å². The lowest BCUT2D eigenvalue weighted by Gasteiger charge is -2.16. The van der Waals surface area contributed by atoms with Crippen molar-refractivity contribution in [2.45, 2.75) is 5.92 Å². The predicted molar refractivity (Wildman–Crippen MR) is 53.1 cm³/mol. The molecule has 0 saturated carbocycles. The van der Waals surface area contributed by atoms with Gasteiger partial charge in [-0.05, 0) is 11.6 Å². The summed E-state index contributed by atoms with van der Waals surface area (Å²) >= 11 is 0. The number of carboxylic acid groups (broad SMARTS) is 1. The lowest BCUT2D eigenvalue weighted by Crippen LogP contribution is -2.22. The Morgan fingerprint density at radius 2 is 1.94 bits per heavy atom. The number of carbonyl (C=O) groups is 1. The van der Waals surface area contributed by atoms with Gasteiger partial charge < -0.3 is 10.4 Å². The Hall–Kier alpha value is -1.56. The van der Waals surface area contributed by atoms with Gasteiger partial charge in [-0.3, -0.25) is 4.79 Å². The molecule has 1 fully saturated rings. The van der Waals surface area contributed by atoms with Crippen molar-refractivity contribution in [2.24, 2.45) is 5.92 Å². The molecule has 2 rings (SSSR count). The van der Waals surface area contributed by atoms with Crippen molar-refractivity contribution < 1.29 is 23.1 Å². The molecule has 0 aliphatic carbocycles. The monoisotopic (exact) mass is 245 g/mol. The largest absolute Gasteiger partial charge is 0.481 e. The summed E-state index contributed by atoms with van der Waals surface area (Å²) < 4.78 is 39.3. The summed E-state index contributed by atoms with van der Waals surface area (Å²) in [6.07, 6.45) is 0. The van der Waals surface area contributed by atoms with Crippen molar-refractivity contribution >= 4 is 5.97 Å². The number of rotatable bonds is 2. The van der Waals surface area contributed by atoms with Crippen LogP contribution in [0.25, 0.3) is 0 Å². The standard InChI is InChI=1S/C11H10F3NO2/c12-8-2-1-5(9(13)10(8)14)6-3-15-4-7(6)11(16)17/h1-2,6-7,15H,3-4H2,(H,16,17). The quantitative estimate of drug-likeness (QED) is 0.776. The summed E-state index contributed by atoms with van der Waals surface area (Å²) in [6, 6.07) is 1.91. The van der Waals surface area contributed by atoms with E-state index in [0.29, 0.717) is 0 Å². The van der Waals surface area contributed by atoms with Crippen LogP contribution in [-0.4, -0.2) is 24.2 Å². The van der Waals surface area contributed by atoms with Gasteiger partial charge in [0.25, 0.3) is 0 Å². The number of aliphatic carboxylic acids is 1. The lowest BCUT2D eigenvalue weighted by molar-refractivity contribution is -0.141. The first-order chi connectivity index (χ1) is 8.02. The maximum absolute atomic E-state index is 13.5.